The molecule has 5 nitrogen and oxygen atoms in total. The zero-order valence-electron chi connectivity index (χ0n) is 17.1. The molecule has 0 aliphatic carbocycles. The molecule has 1 atom stereocenters. The van der Waals surface area contributed by atoms with E-state index in [1.54, 1.807) is 4.90 Å². The number of amides is 1. The lowest BCUT2D eigenvalue weighted by molar-refractivity contribution is 0.0972. The maximum atomic E-state index is 13.3. The van der Waals surface area contributed by atoms with Gasteiger partial charge in [-0.25, -0.2) is 0 Å². The summed E-state index contributed by atoms with van der Waals surface area (Å²) in [5.41, 5.74) is 5.29. The Balaban J connectivity index is 1.58. The molecule has 2 heterocycles. The summed E-state index contributed by atoms with van der Waals surface area (Å²) in [5.74, 6) is -0.562. The van der Waals surface area contributed by atoms with Gasteiger partial charge in [-0.15, -0.1) is 0 Å². The molecule has 0 saturated heterocycles. The molecule has 31 heavy (non-hydrogen) atoms. The number of benzene rings is 3. The topological polar surface area (TPSA) is 73.7 Å². The van der Waals surface area contributed by atoms with Crippen molar-refractivity contribution in [1.29, 1.82) is 0 Å². The molecule has 2 N–H and O–H groups in total. The van der Waals surface area contributed by atoms with Crippen molar-refractivity contribution < 1.29 is 15.0 Å². The van der Waals surface area contributed by atoms with E-state index in [0.717, 1.165) is 46.1 Å². The van der Waals surface area contributed by atoms with E-state index in [9.17, 15) is 15.0 Å². The molecule has 0 saturated carbocycles. The van der Waals surface area contributed by atoms with Gasteiger partial charge in [0.2, 0.25) is 0 Å². The van der Waals surface area contributed by atoms with E-state index in [2.05, 4.69) is 17.1 Å². The van der Waals surface area contributed by atoms with Gasteiger partial charge in [0.1, 0.15) is 11.5 Å². The Kier molecular flexibility index (Phi) is 4.59. The first kappa shape index (κ1) is 19.1. The Morgan fingerprint density at radius 3 is 2.71 bits per heavy atom. The van der Waals surface area contributed by atoms with E-state index in [4.69, 9.17) is 0 Å². The van der Waals surface area contributed by atoms with Gasteiger partial charge >= 0.3 is 0 Å². The molecule has 5 heteroatoms. The van der Waals surface area contributed by atoms with Gasteiger partial charge < -0.3 is 15.1 Å². The first-order chi connectivity index (χ1) is 15.0. The number of hydrogen-bond donors (Lipinski definition) is 2. The number of fused-ring (bicyclic) bond motifs is 2. The van der Waals surface area contributed by atoms with Crippen LogP contribution < -0.4 is 4.90 Å². The third-order valence-corrected chi connectivity index (χ3v) is 6.00. The summed E-state index contributed by atoms with van der Waals surface area (Å²) in [4.78, 5) is 19.5. The number of pyridine rings is 1. The van der Waals surface area contributed by atoms with E-state index in [1.165, 1.54) is 18.2 Å². The standard InChI is InChI=1S/C26H22N2O3/c1-16-6-7-18-14-17(20-12-13-27-23-5-3-2-4-21(20)23)8-11-24(18)28(16)26(31)22-10-9-19(29)15-25(22)30/h2-5,8-16,29-30H,6-7H2,1H3/t16-/m0/s1. The Bertz CT molecular complexity index is 1310. The van der Waals surface area contributed by atoms with Crippen LogP contribution in [0.3, 0.4) is 0 Å². The molecular formula is C26H22N2O3. The van der Waals surface area contributed by atoms with Gasteiger partial charge in [0.25, 0.3) is 5.91 Å². The number of rotatable bonds is 2. The number of hydrogen-bond acceptors (Lipinski definition) is 4. The van der Waals surface area contributed by atoms with Crippen molar-refractivity contribution in [2.75, 3.05) is 4.90 Å². The van der Waals surface area contributed by atoms with Crippen LogP contribution in [0, 0.1) is 0 Å². The van der Waals surface area contributed by atoms with Crippen LogP contribution in [0.1, 0.15) is 29.3 Å². The molecule has 0 unspecified atom stereocenters. The van der Waals surface area contributed by atoms with Crippen molar-refractivity contribution in [2.24, 2.45) is 0 Å². The predicted octanol–water partition coefficient (Wildman–Crippen LogP) is 5.29. The van der Waals surface area contributed by atoms with E-state index < -0.39 is 0 Å². The van der Waals surface area contributed by atoms with Crippen LogP contribution in [0.4, 0.5) is 5.69 Å². The van der Waals surface area contributed by atoms with Crippen LogP contribution in [0.5, 0.6) is 11.5 Å². The Labute approximate surface area is 180 Å². The van der Waals surface area contributed by atoms with Crippen molar-refractivity contribution in [2.45, 2.75) is 25.8 Å². The molecule has 3 aromatic carbocycles. The van der Waals surface area contributed by atoms with Crippen LogP contribution in [-0.2, 0) is 6.42 Å². The first-order valence-corrected chi connectivity index (χ1v) is 10.4. The molecule has 0 fully saturated rings. The second kappa shape index (κ2) is 7.43. The number of phenols is 2. The largest absolute Gasteiger partial charge is 0.508 e. The smallest absolute Gasteiger partial charge is 0.262 e. The third kappa shape index (κ3) is 3.28. The maximum absolute atomic E-state index is 13.3. The van der Waals surface area contributed by atoms with Crippen LogP contribution in [-0.4, -0.2) is 27.1 Å². The monoisotopic (exact) mass is 410 g/mol. The zero-order valence-corrected chi connectivity index (χ0v) is 17.1. The van der Waals surface area contributed by atoms with Crippen molar-refractivity contribution in [3.63, 3.8) is 0 Å². The molecule has 1 amide bonds. The van der Waals surface area contributed by atoms with Gasteiger partial charge in [-0.05, 0) is 72.9 Å². The minimum atomic E-state index is -0.270. The molecule has 0 bridgehead atoms. The highest BCUT2D eigenvalue weighted by Gasteiger charge is 2.30. The number of aromatic hydroxyl groups is 2. The molecule has 154 valence electrons. The minimum absolute atomic E-state index is 0.000749. The number of carbonyl (C=O) groups is 1. The number of aryl methyl sites for hydroxylation is 1. The average molecular weight is 410 g/mol. The highest BCUT2D eigenvalue weighted by atomic mass is 16.3. The molecule has 1 aliphatic rings. The van der Waals surface area contributed by atoms with Gasteiger partial charge in [0, 0.05) is 29.4 Å². The number of nitrogens with zero attached hydrogens (tertiary/aromatic N) is 2. The quantitative estimate of drug-likeness (QED) is 0.471. The highest BCUT2D eigenvalue weighted by Crippen LogP contribution is 2.37. The average Bonchev–Trinajstić information content (AvgIpc) is 2.78. The fourth-order valence-corrected chi connectivity index (χ4v) is 4.41. The van der Waals surface area contributed by atoms with Crippen LogP contribution >= 0.6 is 0 Å². The van der Waals surface area contributed by atoms with Gasteiger partial charge in [-0.3, -0.25) is 9.78 Å². The van der Waals surface area contributed by atoms with Crippen LogP contribution in [0.2, 0.25) is 0 Å². The van der Waals surface area contributed by atoms with Gasteiger partial charge in [0.05, 0.1) is 11.1 Å². The predicted molar refractivity (Wildman–Crippen MR) is 122 cm³/mol. The van der Waals surface area contributed by atoms with Gasteiger partial charge in [-0.1, -0.05) is 24.3 Å². The summed E-state index contributed by atoms with van der Waals surface area (Å²) in [6, 6.07) is 20.3. The summed E-state index contributed by atoms with van der Waals surface area (Å²) in [6.07, 6.45) is 3.53. The maximum Gasteiger partial charge on any atom is 0.262 e. The number of aromatic nitrogens is 1. The summed E-state index contributed by atoms with van der Waals surface area (Å²) < 4.78 is 0. The zero-order chi connectivity index (χ0) is 21.5. The lowest BCUT2D eigenvalue weighted by atomic mass is 9.91. The number of anilines is 1. The second-order valence-corrected chi connectivity index (χ2v) is 7.98. The molecular weight excluding hydrogens is 388 g/mol. The van der Waals surface area contributed by atoms with Gasteiger partial charge in [0.15, 0.2) is 0 Å². The minimum Gasteiger partial charge on any atom is -0.508 e. The van der Waals surface area contributed by atoms with Crippen molar-refractivity contribution in [3.8, 4) is 22.6 Å². The lowest BCUT2D eigenvalue weighted by Gasteiger charge is -2.35. The molecule has 1 aromatic heterocycles. The SMILES string of the molecule is C[C@H]1CCc2cc(-c3ccnc4ccccc34)ccc2N1C(=O)c1ccc(O)cc1O. The summed E-state index contributed by atoms with van der Waals surface area (Å²) in [7, 11) is 0. The normalized spacial score (nSPS) is 15.6. The summed E-state index contributed by atoms with van der Waals surface area (Å²) in [6.45, 7) is 2.02. The second-order valence-electron chi connectivity index (χ2n) is 7.98. The van der Waals surface area contributed by atoms with E-state index in [1.807, 2.05) is 49.5 Å². The lowest BCUT2D eigenvalue weighted by Crippen LogP contribution is -2.42. The number of para-hydroxylation sites is 1. The molecule has 0 spiro atoms. The molecule has 4 aromatic rings. The fraction of sp³-hybridized carbons (Fsp3) is 0.154. The number of carbonyl (C=O) groups excluding carboxylic acids is 1. The highest BCUT2D eigenvalue weighted by molar-refractivity contribution is 6.09. The molecule has 0 radical (unpaired) electrons. The molecule has 1 aliphatic heterocycles. The Morgan fingerprint density at radius 2 is 1.87 bits per heavy atom. The van der Waals surface area contributed by atoms with E-state index in [-0.39, 0.29) is 29.0 Å². The van der Waals surface area contributed by atoms with Crippen molar-refractivity contribution in [1.82, 2.24) is 4.98 Å². The molecule has 5 rings (SSSR count). The van der Waals surface area contributed by atoms with Crippen LogP contribution in [0.15, 0.2) is 72.9 Å². The van der Waals surface area contributed by atoms with Crippen molar-refractivity contribution >= 4 is 22.5 Å². The summed E-state index contributed by atoms with van der Waals surface area (Å²) >= 11 is 0. The third-order valence-electron chi connectivity index (χ3n) is 6.00. The van der Waals surface area contributed by atoms with E-state index in [0.29, 0.717) is 0 Å². The van der Waals surface area contributed by atoms with Gasteiger partial charge in [-0.2, -0.15) is 0 Å². The van der Waals surface area contributed by atoms with E-state index >= 15 is 0 Å². The number of phenolic OH excluding ortho intramolecular Hbond substituents is 2. The van der Waals surface area contributed by atoms with Crippen LogP contribution in [0.25, 0.3) is 22.0 Å². The Hall–Kier alpha value is -3.86. The first-order valence-electron chi connectivity index (χ1n) is 10.4. The Morgan fingerprint density at radius 1 is 1.03 bits per heavy atom. The fourth-order valence-electron chi connectivity index (χ4n) is 4.41. The summed E-state index contributed by atoms with van der Waals surface area (Å²) in [5, 5.41) is 20.9. The van der Waals surface area contributed by atoms with Crippen molar-refractivity contribution in [3.05, 3.63) is 84.1 Å².